The third-order valence-electron chi connectivity index (χ3n) is 5.44. The minimum absolute atomic E-state index is 0.212. The standard InChI is InChI=1S/C17H32O2.C12H21FO2/c1-4-5-6-7-8-9-10-11-12-13-14-15-19-17(18)16(2)3;1-11(2)12(14)15-10-8-6-4-3-5-7-9-13/h2,4-15H2,1,3H3;1,3-10H2,2H3. The molecule has 0 heterocycles. The van der Waals surface area contributed by atoms with Gasteiger partial charge in [0.25, 0.3) is 0 Å². The van der Waals surface area contributed by atoms with E-state index in [1.807, 2.05) is 0 Å². The zero-order valence-electron chi connectivity index (χ0n) is 22.6. The van der Waals surface area contributed by atoms with E-state index in [0.717, 1.165) is 38.5 Å². The van der Waals surface area contributed by atoms with Gasteiger partial charge >= 0.3 is 11.9 Å². The molecule has 0 atom stereocenters. The first kappa shape index (κ1) is 34.5. The van der Waals surface area contributed by atoms with Gasteiger partial charge < -0.3 is 9.47 Å². The number of unbranched alkanes of at least 4 members (excludes halogenated alkanes) is 15. The lowest BCUT2D eigenvalue weighted by atomic mass is 10.1. The summed E-state index contributed by atoms with van der Waals surface area (Å²) in [6.45, 7) is 13.4. The third kappa shape index (κ3) is 28.4. The molecule has 0 aromatic heterocycles. The topological polar surface area (TPSA) is 52.6 Å². The molecule has 5 heteroatoms. The third-order valence-corrected chi connectivity index (χ3v) is 5.44. The van der Waals surface area contributed by atoms with E-state index < -0.39 is 0 Å². The largest absolute Gasteiger partial charge is 0.462 e. The van der Waals surface area contributed by atoms with E-state index in [1.54, 1.807) is 13.8 Å². The Kier molecular flexibility index (Phi) is 28.0. The summed E-state index contributed by atoms with van der Waals surface area (Å²) in [5.41, 5.74) is 0.931. The number of ether oxygens (including phenoxy) is 2. The highest BCUT2D eigenvalue weighted by Gasteiger charge is 2.02. The van der Waals surface area contributed by atoms with Crippen LogP contribution in [0.2, 0.25) is 0 Å². The van der Waals surface area contributed by atoms with E-state index in [4.69, 9.17) is 9.47 Å². The van der Waals surface area contributed by atoms with E-state index >= 15 is 0 Å². The lowest BCUT2D eigenvalue weighted by molar-refractivity contribution is -0.139. The molecule has 0 N–H and O–H groups in total. The normalized spacial score (nSPS) is 10.2. The molecule has 0 aromatic carbocycles. The maximum absolute atomic E-state index is 11.7. The Hall–Kier alpha value is -1.65. The van der Waals surface area contributed by atoms with Crippen molar-refractivity contribution in [1.29, 1.82) is 0 Å². The zero-order valence-corrected chi connectivity index (χ0v) is 22.6. The van der Waals surface area contributed by atoms with Crippen molar-refractivity contribution in [3.05, 3.63) is 24.3 Å². The van der Waals surface area contributed by atoms with Crippen LogP contribution in [0.3, 0.4) is 0 Å². The first-order chi connectivity index (χ1) is 16.4. The summed E-state index contributed by atoms with van der Waals surface area (Å²) in [7, 11) is 0. The molecular formula is C29H53FO4. The first-order valence-electron chi connectivity index (χ1n) is 13.6. The monoisotopic (exact) mass is 484 g/mol. The SMILES string of the molecule is C=C(C)C(=O)OCCCCCCCCCCCCC.C=C(C)C(=O)OCCCCCCCCF. The van der Waals surface area contributed by atoms with Crippen molar-refractivity contribution in [1.82, 2.24) is 0 Å². The van der Waals surface area contributed by atoms with Crippen molar-refractivity contribution in [2.45, 2.75) is 130 Å². The van der Waals surface area contributed by atoms with E-state index in [2.05, 4.69) is 20.1 Å². The molecule has 0 bridgehead atoms. The molecule has 0 saturated heterocycles. The van der Waals surface area contributed by atoms with Crippen molar-refractivity contribution in [2.24, 2.45) is 0 Å². The summed E-state index contributed by atoms with van der Waals surface area (Å²) in [6.07, 6.45) is 20.1. The summed E-state index contributed by atoms with van der Waals surface area (Å²) in [6, 6.07) is 0. The van der Waals surface area contributed by atoms with Gasteiger partial charge in [-0.25, -0.2) is 9.59 Å². The smallest absolute Gasteiger partial charge is 0.333 e. The minimum Gasteiger partial charge on any atom is -0.462 e. The quantitative estimate of drug-likeness (QED) is 0.0875. The van der Waals surface area contributed by atoms with Gasteiger partial charge in [-0.05, 0) is 33.1 Å². The summed E-state index contributed by atoms with van der Waals surface area (Å²) in [4.78, 5) is 22.1. The van der Waals surface area contributed by atoms with Gasteiger partial charge in [-0.3, -0.25) is 4.39 Å². The van der Waals surface area contributed by atoms with Gasteiger partial charge in [-0.1, -0.05) is 110 Å². The van der Waals surface area contributed by atoms with Crippen LogP contribution in [-0.4, -0.2) is 31.8 Å². The van der Waals surface area contributed by atoms with Gasteiger partial charge in [0.15, 0.2) is 0 Å². The highest BCUT2D eigenvalue weighted by Crippen LogP contribution is 2.11. The minimum atomic E-state index is -0.313. The Labute approximate surface area is 209 Å². The number of halogens is 1. The Morgan fingerprint density at radius 3 is 1.15 bits per heavy atom. The molecular weight excluding hydrogens is 431 g/mol. The van der Waals surface area contributed by atoms with E-state index in [9.17, 15) is 14.0 Å². The van der Waals surface area contributed by atoms with Gasteiger partial charge in [0, 0.05) is 11.1 Å². The highest BCUT2D eigenvalue weighted by atomic mass is 19.1. The molecule has 0 aliphatic carbocycles. The molecule has 4 nitrogen and oxygen atoms in total. The number of esters is 2. The van der Waals surface area contributed by atoms with Crippen molar-refractivity contribution in [3.63, 3.8) is 0 Å². The highest BCUT2D eigenvalue weighted by molar-refractivity contribution is 5.87. The summed E-state index contributed by atoms with van der Waals surface area (Å²) >= 11 is 0. The predicted octanol–water partition coefficient (Wildman–Crippen LogP) is 8.83. The van der Waals surface area contributed by atoms with Crippen LogP contribution >= 0.6 is 0 Å². The molecule has 0 spiro atoms. The Morgan fingerprint density at radius 1 is 0.559 bits per heavy atom. The van der Waals surface area contributed by atoms with Gasteiger partial charge in [0.05, 0.1) is 19.9 Å². The van der Waals surface area contributed by atoms with Crippen LogP contribution in [0.1, 0.15) is 130 Å². The maximum atomic E-state index is 11.7. The average Bonchev–Trinajstić information content (AvgIpc) is 2.81. The molecule has 0 radical (unpaired) electrons. The van der Waals surface area contributed by atoms with Gasteiger partial charge in [-0.15, -0.1) is 0 Å². The van der Waals surface area contributed by atoms with Crippen molar-refractivity contribution >= 4 is 11.9 Å². The zero-order chi connectivity index (χ0) is 25.9. The van der Waals surface area contributed by atoms with Crippen LogP contribution in [0.5, 0.6) is 0 Å². The summed E-state index contributed by atoms with van der Waals surface area (Å²) in [5.74, 6) is -0.570. The predicted molar refractivity (Wildman–Crippen MR) is 142 cm³/mol. The second-order valence-corrected chi connectivity index (χ2v) is 9.18. The first-order valence-corrected chi connectivity index (χ1v) is 13.6. The van der Waals surface area contributed by atoms with E-state index in [-0.39, 0.29) is 18.6 Å². The second-order valence-electron chi connectivity index (χ2n) is 9.18. The number of alkyl halides is 1. The Morgan fingerprint density at radius 2 is 0.853 bits per heavy atom. The van der Waals surface area contributed by atoms with Crippen LogP contribution in [0.15, 0.2) is 24.3 Å². The number of rotatable bonds is 22. The second kappa shape index (κ2) is 27.6. The summed E-state index contributed by atoms with van der Waals surface area (Å²) in [5, 5.41) is 0. The van der Waals surface area contributed by atoms with Gasteiger partial charge in [-0.2, -0.15) is 0 Å². The fourth-order valence-corrected chi connectivity index (χ4v) is 3.25. The van der Waals surface area contributed by atoms with Gasteiger partial charge in [0.1, 0.15) is 0 Å². The van der Waals surface area contributed by atoms with Crippen LogP contribution in [0.4, 0.5) is 4.39 Å². The van der Waals surface area contributed by atoms with Crippen molar-refractivity contribution in [3.8, 4) is 0 Å². The lowest BCUT2D eigenvalue weighted by Crippen LogP contribution is -2.05. The Balaban J connectivity index is 0. The van der Waals surface area contributed by atoms with Crippen molar-refractivity contribution < 1.29 is 23.5 Å². The lowest BCUT2D eigenvalue weighted by Gasteiger charge is -2.04. The molecule has 0 aliphatic heterocycles. The molecule has 0 rings (SSSR count). The maximum Gasteiger partial charge on any atom is 0.333 e. The number of hydrogen-bond donors (Lipinski definition) is 0. The van der Waals surface area contributed by atoms with Crippen LogP contribution < -0.4 is 0 Å². The van der Waals surface area contributed by atoms with E-state index in [0.29, 0.717) is 30.8 Å². The molecule has 0 fully saturated rings. The molecule has 0 aromatic rings. The van der Waals surface area contributed by atoms with Crippen molar-refractivity contribution in [2.75, 3.05) is 19.9 Å². The Bertz CT molecular complexity index is 516. The van der Waals surface area contributed by atoms with Crippen LogP contribution in [0.25, 0.3) is 0 Å². The number of carbonyl (C=O) groups excluding carboxylic acids is 2. The van der Waals surface area contributed by atoms with E-state index in [1.165, 1.54) is 64.2 Å². The average molecular weight is 485 g/mol. The fourth-order valence-electron chi connectivity index (χ4n) is 3.25. The fraction of sp³-hybridized carbons (Fsp3) is 0.793. The number of carbonyl (C=O) groups is 2. The van der Waals surface area contributed by atoms with Crippen LogP contribution in [0, 0.1) is 0 Å². The summed E-state index contributed by atoms with van der Waals surface area (Å²) < 4.78 is 21.7. The number of hydrogen-bond acceptors (Lipinski definition) is 4. The molecule has 0 aliphatic rings. The molecule has 0 saturated carbocycles. The molecule has 0 unspecified atom stereocenters. The van der Waals surface area contributed by atoms with Gasteiger partial charge in [0.2, 0.25) is 0 Å². The molecule has 0 amide bonds. The molecule has 34 heavy (non-hydrogen) atoms. The molecule has 200 valence electrons. The van der Waals surface area contributed by atoms with Crippen LogP contribution in [-0.2, 0) is 19.1 Å².